The van der Waals surface area contributed by atoms with Gasteiger partial charge in [-0.2, -0.15) is 5.26 Å². The van der Waals surface area contributed by atoms with Crippen molar-refractivity contribution >= 4 is 11.6 Å². The van der Waals surface area contributed by atoms with Gasteiger partial charge >= 0.3 is 0 Å². The third-order valence-corrected chi connectivity index (χ3v) is 1.99. The zero-order chi connectivity index (χ0) is 9.68. The number of nitriles is 1. The normalized spacial score (nSPS) is 12.1. The second kappa shape index (κ2) is 4.84. The lowest BCUT2D eigenvalue weighted by Crippen LogP contribution is -1.98. The van der Waals surface area contributed by atoms with E-state index in [1.807, 2.05) is 13.0 Å². The first kappa shape index (κ1) is 10.0. The Kier molecular flexibility index (Phi) is 3.72. The third kappa shape index (κ3) is 3.43. The van der Waals surface area contributed by atoms with E-state index >= 15 is 0 Å². The van der Waals surface area contributed by atoms with E-state index in [1.54, 1.807) is 12.4 Å². The molecule has 1 rings (SSSR count). The van der Waals surface area contributed by atoms with Crippen molar-refractivity contribution in [2.75, 3.05) is 0 Å². The van der Waals surface area contributed by atoms with Crippen LogP contribution in [0.1, 0.15) is 18.9 Å². The van der Waals surface area contributed by atoms with E-state index in [2.05, 4.69) is 11.1 Å². The molecule has 68 valence electrons. The minimum atomic E-state index is 0.366. The SMILES string of the molecule is CC(CC#N)Cc1cncc(Cl)c1. The van der Waals surface area contributed by atoms with Gasteiger partial charge in [0, 0.05) is 18.8 Å². The van der Waals surface area contributed by atoms with Crippen molar-refractivity contribution < 1.29 is 0 Å². The minimum Gasteiger partial charge on any atom is -0.263 e. The number of aromatic nitrogens is 1. The summed E-state index contributed by atoms with van der Waals surface area (Å²) >= 11 is 5.78. The van der Waals surface area contributed by atoms with Crippen LogP contribution in [0.5, 0.6) is 0 Å². The molecule has 0 bridgehead atoms. The number of pyridine rings is 1. The number of nitrogens with zero attached hydrogens (tertiary/aromatic N) is 2. The molecule has 0 fully saturated rings. The molecule has 0 aliphatic rings. The maximum Gasteiger partial charge on any atom is 0.0624 e. The summed E-state index contributed by atoms with van der Waals surface area (Å²) in [4.78, 5) is 3.98. The first-order valence-electron chi connectivity index (χ1n) is 4.18. The molecule has 0 spiro atoms. The average Bonchev–Trinajstić information content (AvgIpc) is 2.04. The molecule has 0 aliphatic heterocycles. The summed E-state index contributed by atoms with van der Waals surface area (Å²) in [6.07, 6.45) is 4.84. The largest absolute Gasteiger partial charge is 0.263 e. The molecule has 1 atom stereocenters. The van der Waals surface area contributed by atoms with Crippen molar-refractivity contribution in [2.45, 2.75) is 19.8 Å². The summed E-state index contributed by atoms with van der Waals surface area (Å²) in [5, 5.41) is 9.13. The maximum absolute atomic E-state index is 8.48. The Balaban J connectivity index is 2.59. The quantitative estimate of drug-likeness (QED) is 0.742. The van der Waals surface area contributed by atoms with Crippen molar-refractivity contribution in [3.05, 3.63) is 29.0 Å². The molecule has 1 heterocycles. The highest BCUT2D eigenvalue weighted by Crippen LogP contribution is 2.14. The Bertz CT molecular complexity index is 317. The molecule has 3 heteroatoms. The van der Waals surface area contributed by atoms with Gasteiger partial charge < -0.3 is 0 Å². The smallest absolute Gasteiger partial charge is 0.0624 e. The van der Waals surface area contributed by atoms with Crippen LogP contribution in [-0.4, -0.2) is 4.98 Å². The van der Waals surface area contributed by atoms with E-state index in [-0.39, 0.29) is 0 Å². The Morgan fingerprint density at radius 2 is 2.38 bits per heavy atom. The molecular formula is C10H11ClN2. The fourth-order valence-corrected chi connectivity index (χ4v) is 1.39. The second-order valence-electron chi connectivity index (χ2n) is 3.18. The minimum absolute atomic E-state index is 0.366. The van der Waals surface area contributed by atoms with Gasteiger partial charge in [0.05, 0.1) is 11.1 Å². The molecule has 1 aromatic heterocycles. The van der Waals surface area contributed by atoms with Gasteiger partial charge in [-0.25, -0.2) is 0 Å². The van der Waals surface area contributed by atoms with Crippen LogP contribution in [0.2, 0.25) is 5.02 Å². The Labute approximate surface area is 83.2 Å². The lowest BCUT2D eigenvalue weighted by atomic mass is 10.0. The topological polar surface area (TPSA) is 36.7 Å². The molecule has 2 nitrogen and oxygen atoms in total. The van der Waals surface area contributed by atoms with Gasteiger partial charge in [-0.05, 0) is 24.0 Å². The van der Waals surface area contributed by atoms with Crippen LogP contribution in [0, 0.1) is 17.2 Å². The van der Waals surface area contributed by atoms with Gasteiger partial charge in [-0.1, -0.05) is 18.5 Å². The van der Waals surface area contributed by atoms with E-state index in [0.717, 1.165) is 12.0 Å². The van der Waals surface area contributed by atoms with Gasteiger partial charge in [0.15, 0.2) is 0 Å². The molecule has 0 N–H and O–H groups in total. The van der Waals surface area contributed by atoms with Gasteiger partial charge in [-0.15, -0.1) is 0 Å². The molecule has 1 aromatic rings. The lowest BCUT2D eigenvalue weighted by molar-refractivity contribution is 0.595. The number of hydrogen-bond acceptors (Lipinski definition) is 2. The average molecular weight is 195 g/mol. The molecule has 0 aromatic carbocycles. The van der Waals surface area contributed by atoms with Crippen molar-refractivity contribution in [1.82, 2.24) is 4.98 Å². The van der Waals surface area contributed by atoms with E-state index < -0.39 is 0 Å². The summed E-state index contributed by atoms with van der Waals surface area (Å²) in [6.45, 7) is 2.05. The van der Waals surface area contributed by atoms with Gasteiger partial charge in [0.25, 0.3) is 0 Å². The second-order valence-corrected chi connectivity index (χ2v) is 3.62. The first-order valence-corrected chi connectivity index (χ1v) is 4.56. The standard InChI is InChI=1S/C10H11ClN2/c1-8(2-3-12)4-9-5-10(11)7-13-6-9/h5-8H,2,4H2,1H3. The fourth-order valence-electron chi connectivity index (χ4n) is 1.20. The molecular weight excluding hydrogens is 184 g/mol. The van der Waals surface area contributed by atoms with Crippen LogP contribution in [0.15, 0.2) is 18.5 Å². The molecule has 0 amide bonds. The van der Waals surface area contributed by atoms with E-state index in [9.17, 15) is 0 Å². The molecule has 0 saturated heterocycles. The Hall–Kier alpha value is -1.07. The molecule has 13 heavy (non-hydrogen) atoms. The fraction of sp³-hybridized carbons (Fsp3) is 0.400. The number of rotatable bonds is 3. The predicted molar refractivity (Wildman–Crippen MR) is 52.3 cm³/mol. The van der Waals surface area contributed by atoms with Crippen LogP contribution in [-0.2, 0) is 6.42 Å². The van der Waals surface area contributed by atoms with Crippen LogP contribution < -0.4 is 0 Å². The van der Waals surface area contributed by atoms with E-state index in [1.165, 1.54) is 0 Å². The summed E-state index contributed by atoms with van der Waals surface area (Å²) in [7, 11) is 0. The summed E-state index contributed by atoms with van der Waals surface area (Å²) in [5.41, 5.74) is 1.09. The Morgan fingerprint density at radius 3 is 3.00 bits per heavy atom. The molecule has 0 saturated carbocycles. The van der Waals surface area contributed by atoms with Crippen molar-refractivity contribution in [3.63, 3.8) is 0 Å². The van der Waals surface area contributed by atoms with Gasteiger partial charge in [0.1, 0.15) is 0 Å². The predicted octanol–water partition coefficient (Wildman–Crippen LogP) is 2.83. The van der Waals surface area contributed by atoms with Crippen LogP contribution in [0.25, 0.3) is 0 Å². The van der Waals surface area contributed by atoms with Crippen molar-refractivity contribution in [1.29, 1.82) is 5.26 Å². The van der Waals surface area contributed by atoms with Crippen LogP contribution in [0.4, 0.5) is 0 Å². The summed E-state index contributed by atoms with van der Waals surface area (Å²) < 4.78 is 0. The lowest BCUT2D eigenvalue weighted by Gasteiger charge is -2.06. The van der Waals surface area contributed by atoms with E-state index in [0.29, 0.717) is 17.4 Å². The highest BCUT2D eigenvalue weighted by atomic mass is 35.5. The van der Waals surface area contributed by atoms with E-state index in [4.69, 9.17) is 16.9 Å². The highest BCUT2D eigenvalue weighted by Gasteiger charge is 2.03. The van der Waals surface area contributed by atoms with Crippen molar-refractivity contribution in [2.24, 2.45) is 5.92 Å². The summed E-state index contributed by atoms with van der Waals surface area (Å²) in [6, 6.07) is 4.04. The zero-order valence-electron chi connectivity index (χ0n) is 7.50. The third-order valence-electron chi connectivity index (χ3n) is 1.79. The molecule has 0 radical (unpaired) electrons. The molecule has 0 aliphatic carbocycles. The van der Waals surface area contributed by atoms with Gasteiger partial charge in [-0.3, -0.25) is 4.98 Å². The zero-order valence-corrected chi connectivity index (χ0v) is 8.25. The molecule has 1 unspecified atom stereocenters. The number of halogens is 1. The maximum atomic E-state index is 8.48. The van der Waals surface area contributed by atoms with Crippen LogP contribution in [0.3, 0.4) is 0 Å². The Morgan fingerprint density at radius 1 is 1.62 bits per heavy atom. The highest BCUT2D eigenvalue weighted by molar-refractivity contribution is 6.30. The van der Waals surface area contributed by atoms with Gasteiger partial charge in [0.2, 0.25) is 0 Å². The van der Waals surface area contributed by atoms with Crippen LogP contribution >= 0.6 is 11.6 Å². The monoisotopic (exact) mass is 194 g/mol. The first-order chi connectivity index (χ1) is 6.22. The van der Waals surface area contributed by atoms with Crippen molar-refractivity contribution in [3.8, 4) is 6.07 Å². The number of hydrogen-bond donors (Lipinski definition) is 0. The summed E-state index contributed by atoms with van der Waals surface area (Å²) in [5.74, 6) is 0.366.